The van der Waals surface area contributed by atoms with E-state index in [2.05, 4.69) is 6.07 Å². The van der Waals surface area contributed by atoms with Gasteiger partial charge in [-0.2, -0.15) is 5.26 Å². The number of nitrogens with zero attached hydrogens (tertiary/aromatic N) is 1. The van der Waals surface area contributed by atoms with Gasteiger partial charge in [-0.1, -0.05) is 29.8 Å². The van der Waals surface area contributed by atoms with Gasteiger partial charge in [-0.3, -0.25) is 0 Å². The molecule has 0 amide bonds. The number of nitriles is 1. The molecule has 0 unspecified atom stereocenters. The Bertz CT molecular complexity index is 913. The summed E-state index contributed by atoms with van der Waals surface area (Å²) < 4.78 is 31.2. The average molecular weight is 357 g/mol. The fourth-order valence-corrected chi connectivity index (χ4v) is 5.69. The van der Waals surface area contributed by atoms with Crippen molar-refractivity contribution in [1.82, 2.24) is 0 Å². The minimum atomic E-state index is -3.74. The Hall–Kier alpha value is -2.36. The molecule has 0 heterocycles. The standard InChI is InChI=1S/C19H19NO4S/c1-13-3-9-16(10-4-13)25(22,23)18-17(19(18,11-20)12-21)14-5-7-15(24-2)8-6-14/h3-10,17-18,21H,12H2,1-2H3/t17-,18+,19-/m1/s1. The van der Waals surface area contributed by atoms with E-state index in [-0.39, 0.29) is 4.90 Å². The SMILES string of the molecule is COc1ccc([C@@H]2[C@H](S(=O)(=O)c3ccc(C)cc3)[C@]2(C#N)CO)cc1. The summed E-state index contributed by atoms with van der Waals surface area (Å²) in [5.41, 5.74) is 0.338. The van der Waals surface area contributed by atoms with Crippen LogP contribution in [0.1, 0.15) is 17.0 Å². The summed E-state index contributed by atoms with van der Waals surface area (Å²) in [6.45, 7) is 1.37. The Balaban J connectivity index is 2.04. The van der Waals surface area contributed by atoms with Gasteiger partial charge in [0, 0.05) is 5.92 Å². The summed E-state index contributed by atoms with van der Waals surface area (Å²) in [4.78, 5) is 0.173. The molecule has 2 aromatic rings. The maximum absolute atomic E-state index is 13.1. The molecular weight excluding hydrogens is 338 g/mol. The molecule has 1 aliphatic rings. The van der Waals surface area contributed by atoms with Gasteiger partial charge in [0.15, 0.2) is 9.84 Å². The predicted octanol–water partition coefficient (Wildman–Crippen LogP) is 2.45. The number of benzene rings is 2. The molecule has 1 fully saturated rings. The lowest BCUT2D eigenvalue weighted by Gasteiger charge is -2.06. The van der Waals surface area contributed by atoms with E-state index in [0.717, 1.165) is 5.56 Å². The number of sulfone groups is 1. The van der Waals surface area contributed by atoms with Gasteiger partial charge < -0.3 is 9.84 Å². The first-order chi connectivity index (χ1) is 11.9. The number of hydrogen-bond donors (Lipinski definition) is 1. The van der Waals surface area contributed by atoms with Crippen molar-refractivity contribution in [2.45, 2.75) is 23.0 Å². The van der Waals surface area contributed by atoms with Crippen LogP contribution in [0.2, 0.25) is 0 Å². The first-order valence-corrected chi connectivity index (χ1v) is 9.42. The van der Waals surface area contributed by atoms with Gasteiger partial charge in [0.1, 0.15) is 11.2 Å². The topological polar surface area (TPSA) is 87.4 Å². The smallest absolute Gasteiger partial charge is 0.183 e. The zero-order chi connectivity index (χ0) is 18.2. The van der Waals surface area contributed by atoms with E-state index >= 15 is 0 Å². The van der Waals surface area contributed by atoms with Crippen LogP contribution in [0.4, 0.5) is 0 Å². The lowest BCUT2D eigenvalue weighted by molar-refractivity contribution is 0.242. The monoisotopic (exact) mass is 357 g/mol. The van der Waals surface area contributed by atoms with Crippen molar-refractivity contribution >= 4 is 9.84 Å². The molecule has 0 aliphatic heterocycles. The van der Waals surface area contributed by atoms with Crippen LogP contribution in [0.5, 0.6) is 5.75 Å². The lowest BCUT2D eigenvalue weighted by atomic mass is 10.0. The molecule has 1 aliphatic carbocycles. The van der Waals surface area contributed by atoms with Gasteiger partial charge in [0.05, 0.1) is 29.9 Å². The zero-order valence-electron chi connectivity index (χ0n) is 14.0. The third-order valence-electron chi connectivity index (χ3n) is 4.88. The second-order valence-corrected chi connectivity index (χ2v) is 8.41. The molecule has 0 aromatic heterocycles. The second-order valence-electron chi connectivity index (χ2n) is 6.34. The highest BCUT2D eigenvalue weighted by molar-refractivity contribution is 7.92. The van der Waals surface area contributed by atoms with Gasteiger partial charge in [-0.25, -0.2) is 8.42 Å². The van der Waals surface area contributed by atoms with Crippen LogP contribution in [0.25, 0.3) is 0 Å². The highest BCUT2D eigenvalue weighted by Gasteiger charge is 2.72. The van der Waals surface area contributed by atoms with Crippen molar-refractivity contribution in [2.24, 2.45) is 5.41 Å². The third-order valence-corrected chi connectivity index (χ3v) is 7.18. The molecule has 1 N–H and O–H groups in total. The van der Waals surface area contributed by atoms with Crippen LogP contribution >= 0.6 is 0 Å². The maximum atomic E-state index is 13.1. The minimum Gasteiger partial charge on any atom is -0.497 e. The molecule has 130 valence electrons. The summed E-state index contributed by atoms with van der Waals surface area (Å²) >= 11 is 0. The van der Waals surface area contributed by atoms with Crippen molar-refractivity contribution in [2.75, 3.05) is 13.7 Å². The molecule has 3 rings (SSSR count). The van der Waals surface area contributed by atoms with Crippen LogP contribution in [0.15, 0.2) is 53.4 Å². The Kier molecular flexibility index (Phi) is 4.31. The van der Waals surface area contributed by atoms with Crippen LogP contribution in [-0.2, 0) is 9.84 Å². The van der Waals surface area contributed by atoms with Crippen LogP contribution in [-0.4, -0.2) is 32.5 Å². The van der Waals surface area contributed by atoms with Crippen molar-refractivity contribution in [3.63, 3.8) is 0 Å². The second kappa shape index (κ2) is 6.17. The fraction of sp³-hybridized carbons (Fsp3) is 0.316. The van der Waals surface area contributed by atoms with Gasteiger partial charge in [0.25, 0.3) is 0 Å². The molecule has 3 atom stereocenters. The Morgan fingerprint density at radius 2 is 1.76 bits per heavy atom. The Morgan fingerprint density at radius 1 is 1.16 bits per heavy atom. The number of aliphatic hydroxyl groups is 1. The highest BCUT2D eigenvalue weighted by atomic mass is 32.2. The highest BCUT2D eigenvalue weighted by Crippen LogP contribution is 2.63. The summed E-state index contributed by atoms with van der Waals surface area (Å²) in [7, 11) is -2.20. The van der Waals surface area contributed by atoms with Gasteiger partial charge in [0.2, 0.25) is 0 Å². The number of aliphatic hydroxyl groups excluding tert-OH is 1. The number of aryl methyl sites for hydroxylation is 1. The molecule has 25 heavy (non-hydrogen) atoms. The Morgan fingerprint density at radius 3 is 2.24 bits per heavy atom. The first-order valence-electron chi connectivity index (χ1n) is 7.87. The number of methoxy groups -OCH3 is 1. The van der Waals surface area contributed by atoms with Crippen molar-refractivity contribution in [3.05, 3.63) is 59.7 Å². The quantitative estimate of drug-likeness (QED) is 0.888. The molecule has 5 nitrogen and oxygen atoms in total. The zero-order valence-corrected chi connectivity index (χ0v) is 14.8. The summed E-state index contributed by atoms with van der Waals surface area (Å²) in [5, 5.41) is 18.5. The summed E-state index contributed by atoms with van der Waals surface area (Å²) in [5.74, 6) is 0.0774. The minimum absolute atomic E-state index is 0.173. The number of hydrogen-bond acceptors (Lipinski definition) is 5. The normalized spacial score (nSPS) is 25.2. The molecule has 2 aromatic carbocycles. The van der Waals surface area contributed by atoms with E-state index in [1.54, 1.807) is 55.6 Å². The number of rotatable bonds is 5. The molecule has 0 spiro atoms. The van der Waals surface area contributed by atoms with E-state index in [9.17, 15) is 18.8 Å². The molecule has 0 bridgehead atoms. The Labute approximate surface area is 147 Å². The van der Waals surface area contributed by atoms with E-state index in [0.29, 0.717) is 11.3 Å². The van der Waals surface area contributed by atoms with Gasteiger partial charge in [-0.05, 0) is 36.8 Å². The van der Waals surface area contributed by atoms with Gasteiger partial charge >= 0.3 is 0 Å². The molecule has 6 heteroatoms. The molecule has 0 radical (unpaired) electrons. The van der Waals surface area contributed by atoms with Crippen molar-refractivity contribution in [3.8, 4) is 11.8 Å². The van der Waals surface area contributed by atoms with Crippen LogP contribution in [0.3, 0.4) is 0 Å². The van der Waals surface area contributed by atoms with E-state index in [1.807, 2.05) is 6.92 Å². The first kappa shape index (κ1) is 17.5. The van der Waals surface area contributed by atoms with Crippen LogP contribution < -0.4 is 4.74 Å². The van der Waals surface area contributed by atoms with E-state index in [4.69, 9.17) is 4.74 Å². The van der Waals surface area contributed by atoms with Crippen molar-refractivity contribution < 1.29 is 18.3 Å². The molecular formula is C19H19NO4S. The molecule has 0 saturated heterocycles. The van der Waals surface area contributed by atoms with Crippen LogP contribution in [0, 0.1) is 23.7 Å². The maximum Gasteiger partial charge on any atom is 0.183 e. The van der Waals surface area contributed by atoms with Gasteiger partial charge in [-0.15, -0.1) is 0 Å². The average Bonchev–Trinajstić information content (AvgIpc) is 3.33. The third kappa shape index (κ3) is 2.70. The largest absolute Gasteiger partial charge is 0.497 e. The summed E-state index contributed by atoms with van der Waals surface area (Å²) in [6.07, 6.45) is 0. The number of ether oxygens (including phenoxy) is 1. The lowest BCUT2D eigenvalue weighted by Crippen LogP contribution is -2.18. The van der Waals surface area contributed by atoms with E-state index < -0.39 is 33.0 Å². The summed E-state index contributed by atoms with van der Waals surface area (Å²) in [6, 6.07) is 15.5. The molecule has 1 saturated carbocycles. The predicted molar refractivity (Wildman–Crippen MR) is 93.0 cm³/mol. The van der Waals surface area contributed by atoms with E-state index in [1.165, 1.54) is 0 Å². The van der Waals surface area contributed by atoms with Crippen molar-refractivity contribution in [1.29, 1.82) is 5.26 Å². The fourth-order valence-electron chi connectivity index (χ4n) is 3.38.